The summed E-state index contributed by atoms with van der Waals surface area (Å²) in [6, 6.07) is 6.24. The minimum absolute atomic E-state index is 0.0527. The Morgan fingerprint density at radius 3 is 2.55 bits per heavy atom. The highest BCUT2D eigenvalue weighted by Crippen LogP contribution is 2.35. The van der Waals surface area contributed by atoms with Crippen LogP contribution < -0.4 is 10.7 Å². The number of halogens is 1. The van der Waals surface area contributed by atoms with Gasteiger partial charge in [-0.1, -0.05) is 12.1 Å². The third kappa shape index (κ3) is 2.93. The molecule has 0 atom stereocenters. The normalized spacial score (nSPS) is 13.9. The maximum Gasteiger partial charge on any atom is 0.224 e. The van der Waals surface area contributed by atoms with Crippen molar-refractivity contribution in [3.63, 3.8) is 0 Å². The van der Waals surface area contributed by atoms with Gasteiger partial charge in [-0.05, 0) is 30.5 Å². The Labute approximate surface area is 127 Å². The van der Waals surface area contributed by atoms with E-state index < -0.39 is 0 Å². The molecule has 22 heavy (non-hydrogen) atoms. The minimum atomic E-state index is -0.340. The Morgan fingerprint density at radius 2 is 1.95 bits per heavy atom. The van der Waals surface area contributed by atoms with E-state index >= 15 is 0 Å². The maximum absolute atomic E-state index is 13.1. The average Bonchev–Trinajstić information content (AvgIpc) is 3.35. The zero-order chi connectivity index (χ0) is 15.7. The van der Waals surface area contributed by atoms with Crippen LogP contribution in [0.5, 0.6) is 0 Å². The number of pyridine rings is 1. The molecular weight excluding hydrogens is 283 g/mol. The van der Waals surface area contributed by atoms with Gasteiger partial charge in [0.15, 0.2) is 5.43 Å². The topological polar surface area (TPSA) is 51.1 Å². The molecule has 0 aliphatic heterocycles. The number of amides is 1. The van der Waals surface area contributed by atoms with Gasteiger partial charge >= 0.3 is 0 Å². The van der Waals surface area contributed by atoms with Crippen LogP contribution in [0.15, 0.2) is 41.5 Å². The van der Waals surface area contributed by atoms with Crippen molar-refractivity contribution in [1.29, 1.82) is 0 Å². The Balaban J connectivity index is 2.09. The molecule has 1 aromatic carbocycles. The van der Waals surface area contributed by atoms with Gasteiger partial charge in [-0.2, -0.15) is 0 Å². The number of hydrogen-bond acceptors (Lipinski definition) is 2. The van der Waals surface area contributed by atoms with Crippen LogP contribution in [0.2, 0.25) is 0 Å². The van der Waals surface area contributed by atoms with Crippen LogP contribution in [0.1, 0.15) is 24.4 Å². The molecule has 1 N–H and O–H groups in total. The highest BCUT2D eigenvalue weighted by Gasteiger charge is 2.24. The highest BCUT2D eigenvalue weighted by molar-refractivity contribution is 5.78. The van der Waals surface area contributed by atoms with Crippen molar-refractivity contribution in [2.75, 3.05) is 7.05 Å². The van der Waals surface area contributed by atoms with E-state index in [1.165, 1.54) is 12.1 Å². The predicted octanol–water partition coefficient (Wildman–Crippen LogP) is 2.28. The van der Waals surface area contributed by atoms with E-state index in [1.54, 1.807) is 31.6 Å². The van der Waals surface area contributed by atoms with Gasteiger partial charge in [-0.25, -0.2) is 4.39 Å². The summed E-state index contributed by atoms with van der Waals surface area (Å²) >= 11 is 0. The van der Waals surface area contributed by atoms with E-state index in [2.05, 4.69) is 5.32 Å². The van der Waals surface area contributed by atoms with Gasteiger partial charge in [0.1, 0.15) is 5.82 Å². The zero-order valence-corrected chi connectivity index (χ0v) is 12.3. The molecule has 0 bridgehead atoms. The minimum Gasteiger partial charge on any atom is -0.359 e. The van der Waals surface area contributed by atoms with Crippen molar-refractivity contribution >= 4 is 5.91 Å². The summed E-state index contributed by atoms with van der Waals surface area (Å²) in [6.07, 6.45) is 5.77. The van der Waals surface area contributed by atoms with Gasteiger partial charge in [0.2, 0.25) is 5.91 Å². The number of likely N-dealkylation sites (N-methyl/N-ethyl adjacent to an activating group) is 1. The van der Waals surface area contributed by atoms with Crippen molar-refractivity contribution in [3.05, 3.63) is 58.3 Å². The second-order valence-electron chi connectivity index (χ2n) is 5.56. The Morgan fingerprint density at radius 1 is 1.27 bits per heavy atom. The molecule has 0 spiro atoms. The number of hydrogen-bond donors (Lipinski definition) is 1. The van der Waals surface area contributed by atoms with E-state index in [-0.39, 0.29) is 23.6 Å². The number of carbonyl (C=O) groups excluding carboxylic acids is 1. The second kappa shape index (κ2) is 5.75. The van der Waals surface area contributed by atoms with Gasteiger partial charge in [-0.15, -0.1) is 0 Å². The number of nitrogens with zero attached hydrogens (tertiary/aromatic N) is 1. The third-order valence-corrected chi connectivity index (χ3v) is 3.87. The van der Waals surface area contributed by atoms with Crippen molar-refractivity contribution in [1.82, 2.24) is 9.88 Å². The monoisotopic (exact) mass is 300 g/mol. The predicted molar refractivity (Wildman–Crippen MR) is 82.1 cm³/mol. The lowest BCUT2D eigenvalue weighted by molar-refractivity contribution is -0.119. The van der Waals surface area contributed by atoms with E-state index in [0.717, 1.165) is 12.8 Å². The van der Waals surface area contributed by atoms with E-state index in [4.69, 9.17) is 0 Å². The van der Waals surface area contributed by atoms with E-state index in [0.29, 0.717) is 22.7 Å². The summed E-state index contributed by atoms with van der Waals surface area (Å²) in [6.45, 7) is 0. The number of aromatic nitrogens is 1. The molecule has 1 heterocycles. The molecule has 5 heteroatoms. The highest BCUT2D eigenvalue weighted by atomic mass is 19.1. The molecule has 4 nitrogen and oxygen atoms in total. The first-order chi connectivity index (χ1) is 10.6. The summed E-state index contributed by atoms with van der Waals surface area (Å²) in [5.41, 5.74) is 1.47. The quantitative estimate of drug-likeness (QED) is 0.942. The summed E-state index contributed by atoms with van der Waals surface area (Å²) in [7, 11) is 1.55. The second-order valence-corrected chi connectivity index (χ2v) is 5.56. The largest absolute Gasteiger partial charge is 0.359 e. The fourth-order valence-corrected chi connectivity index (χ4v) is 2.46. The Hall–Kier alpha value is -2.43. The van der Waals surface area contributed by atoms with Crippen LogP contribution in [0.4, 0.5) is 4.39 Å². The number of benzene rings is 1. The molecule has 0 saturated heterocycles. The number of rotatable bonds is 4. The molecule has 2 aromatic rings. The molecule has 1 saturated carbocycles. The van der Waals surface area contributed by atoms with Gasteiger partial charge in [0.25, 0.3) is 0 Å². The van der Waals surface area contributed by atoms with Crippen molar-refractivity contribution < 1.29 is 9.18 Å². The van der Waals surface area contributed by atoms with Crippen LogP contribution in [-0.2, 0) is 11.2 Å². The van der Waals surface area contributed by atoms with Crippen LogP contribution >= 0.6 is 0 Å². The SMILES string of the molecule is CNC(=O)Cc1cn(C2CC2)cc(-c2ccc(F)cc2)c1=O. The van der Waals surface area contributed by atoms with Crippen molar-refractivity contribution in [3.8, 4) is 11.1 Å². The summed E-state index contributed by atoms with van der Waals surface area (Å²) in [4.78, 5) is 24.2. The maximum atomic E-state index is 13.1. The first-order valence-corrected chi connectivity index (χ1v) is 7.29. The Kier molecular flexibility index (Phi) is 3.79. The lowest BCUT2D eigenvalue weighted by Crippen LogP contribution is -2.25. The van der Waals surface area contributed by atoms with Crippen LogP contribution in [-0.4, -0.2) is 17.5 Å². The first kappa shape index (κ1) is 14.5. The molecule has 0 radical (unpaired) electrons. The first-order valence-electron chi connectivity index (χ1n) is 7.29. The fraction of sp³-hybridized carbons (Fsp3) is 0.294. The fourth-order valence-electron chi connectivity index (χ4n) is 2.46. The molecular formula is C17H17FN2O2. The van der Waals surface area contributed by atoms with Gasteiger partial charge in [0, 0.05) is 36.6 Å². The third-order valence-electron chi connectivity index (χ3n) is 3.87. The van der Waals surface area contributed by atoms with Gasteiger partial charge < -0.3 is 9.88 Å². The average molecular weight is 300 g/mol. The molecule has 1 fully saturated rings. The van der Waals surface area contributed by atoms with Crippen LogP contribution in [0.3, 0.4) is 0 Å². The molecule has 1 amide bonds. The number of nitrogens with one attached hydrogen (secondary N) is 1. The molecule has 0 unspecified atom stereocenters. The van der Waals surface area contributed by atoms with E-state index in [1.807, 2.05) is 4.57 Å². The van der Waals surface area contributed by atoms with Crippen molar-refractivity contribution in [2.45, 2.75) is 25.3 Å². The molecule has 1 aliphatic carbocycles. The smallest absolute Gasteiger partial charge is 0.224 e. The molecule has 1 aliphatic rings. The molecule has 114 valence electrons. The standard InChI is InChI=1S/C17H17FN2O2/c1-19-16(21)8-12-9-20(14-6-7-14)10-15(17(12)22)11-2-4-13(18)5-3-11/h2-5,9-10,14H,6-8H2,1H3,(H,19,21). The van der Waals surface area contributed by atoms with Gasteiger partial charge in [-0.3, -0.25) is 9.59 Å². The zero-order valence-electron chi connectivity index (χ0n) is 12.3. The van der Waals surface area contributed by atoms with E-state index in [9.17, 15) is 14.0 Å². The number of carbonyl (C=O) groups is 1. The van der Waals surface area contributed by atoms with Crippen molar-refractivity contribution in [2.24, 2.45) is 0 Å². The lowest BCUT2D eigenvalue weighted by atomic mass is 10.0. The Bertz CT molecular complexity index is 761. The molecule has 1 aromatic heterocycles. The summed E-state index contributed by atoms with van der Waals surface area (Å²) < 4.78 is 15.1. The van der Waals surface area contributed by atoms with Crippen LogP contribution in [0, 0.1) is 5.82 Å². The summed E-state index contributed by atoms with van der Waals surface area (Å²) in [5.74, 6) is -0.538. The van der Waals surface area contributed by atoms with Crippen LogP contribution in [0.25, 0.3) is 11.1 Å². The molecule has 3 rings (SSSR count). The van der Waals surface area contributed by atoms with Gasteiger partial charge in [0.05, 0.1) is 6.42 Å². The lowest BCUT2D eigenvalue weighted by Gasteiger charge is -2.11. The summed E-state index contributed by atoms with van der Waals surface area (Å²) in [5, 5.41) is 2.54.